The average Bonchev–Trinajstić information content (AvgIpc) is 2.06. The van der Waals surface area contributed by atoms with Crippen LogP contribution in [0.2, 0.25) is 0 Å². The van der Waals surface area contributed by atoms with Crippen molar-refractivity contribution in [3.63, 3.8) is 0 Å². The normalized spacial score (nSPS) is 12.7. The highest BCUT2D eigenvalue weighted by Crippen LogP contribution is 2.29. The van der Waals surface area contributed by atoms with Gasteiger partial charge in [-0.15, -0.1) is 0 Å². The Kier molecular flexibility index (Phi) is 2.35. The molecule has 2 rings (SSSR count). The number of phenolic OH excluding ortho intramolecular Hbond substituents is 1. The molecule has 0 saturated heterocycles. The number of rotatable bonds is 0. The lowest BCUT2D eigenvalue weighted by Crippen LogP contribution is -1.99. The number of para-hydroxylation sites is 1. The van der Waals surface area contributed by atoms with Crippen molar-refractivity contribution in [3.8, 4) is 5.75 Å². The van der Waals surface area contributed by atoms with Crippen molar-refractivity contribution < 1.29 is 5.11 Å². The Balaban J connectivity index is 0.000000720. The zero-order valence-electron chi connectivity index (χ0n) is 6.75. The number of allylic oxidation sites excluding steroid dienone is 1. The van der Waals surface area contributed by atoms with Crippen molar-refractivity contribution in [1.82, 2.24) is 6.15 Å². The van der Waals surface area contributed by atoms with Gasteiger partial charge < -0.3 is 16.6 Å². The molecule has 3 heteroatoms. The summed E-state index contributed by atoms with van der Waals surface area (Å²) >= 11 is 0. The molecular weight excluding hydrogens is 152 g/mol. The van der Waals surface area contributed by atoms with E-state index in [9.17, 15) is 5.11 Å². The maximum atomic E-state index is 9.36. The second-order valence-electron chi connectivity index (χ2n) is 2.56. The highest BCUT2D eigenvalue weighted by atomic mass is 16.3. The van der Waals surface area contributed by atoms with Crippen LogP contribution in [-0.2, 0) is 6.42 Å². The Morgan fingerprint density at radius 3 is 2.92 bits per heavy atom. The summed E-state index contributed by atoms with van der Waals surface area (Å²) < 4.78 is 0. The van der Waals surface area contributed by atoms with Crippen LogP contribution in [0.5, 0.6) is 5.75 Å². The summed E-state index contributed by atoms with van der Waals surface area (Å²) in [6, 6.07) is 5.55. The maximum absolute atomic E-state index is 9.36. The number of phenols is 1. The molecule has 0 aromatic heterocycles. The molecule has 0 bridgehead atoms. The highest BCUT2D eigenvalue weighted by Gasteiger charge is 2.06. The van der Waals surface area contributed by atoms with Gasteiger partial charge in [0.05, 0.1) is 5.69 Å². The maximum Gasteiger partial charge on any atom is 0.139 e. The Morgan fingerprint density at radius 1 is 1.33 bits per heavy atom. The first kappa shape index (κ1) is 8.62. The lowest BCUT2D eigenvalue weighted by atomic mass is 10.1. The average molecular weight is 164 g/mol. The molecule has 1 aliphatic rings. The van der Waals surface area contributed by atoms with E-state index in [4.69, 9.17) is 0 Å². The zero-order chi connectivity index (χ0) is 7.68. The van der Waals surface area contributed by atoms with Crippen molar-refractivity contribution in [2.75, 3.05) is 5.32 Å². The van der Waals surface area contributed by atoms with Crippen LogP contribution in [0.1, 0.15) is 5.56 Å². The predicted octanol–water partition coefficient (Wildman–Crippen LogP) is 2.04. The Hall–Kier alpha value is -1.48. The molecule has 12 heavy (non-hydrogen) atoms. The third kappa shape index (κ3) is 1.26. The molecular formula is C9H12N2O. The van der Waals surface area contributed by atoms with E-state index in [0.29, 0.717) is 5.75 Å². The topological polar surface area (TPSA) is 67.3 Å². The van der Waals surface area contributed by atoms with Gasteiger partial charge in [-0.05, 0) is 24.3 Å². The fourth-order valence-electron chi connectivity index (χ4n) is 1.25. The van der Waals surface area contributed by atoms with Gasteiger partial charge in [0.2, 0.25) is 0 Å². The van der Waals surface area contributed by atoms with Crippen LogP contribution < -0.4 is 11.5 Å². The van der Waals surface area contributed by atoms with Gasteiger partial charge in [0.25, 0.3) is 0 Å². The van der Waals surface area contributed by atoms with Crippen molar-refractivity contribution in [2.45, 2.75) is 6.42 Å². The molecule has 64 valence electrons. The highest BCUT2D eigenvalue weighted by molar-refractivity contribution is 5.64. The summed E-state index contributed by atoms with van der Waals surface area (Å²) in [4.78, 5) is 0. The van der Waals surface area contributed by atoms with E-state index in [2.05, 4.69) is 5.32 Å². The van der Waals surface area contributed by atoms with Crippen molar-refractivity contribution in [2.24, 2.45) is 0 Å². The predicted molar refractivity (Wildman–Crippen MR) is 49.6 cm³/mol. The van der Waals surface area contributed by atoms with Crippen LogP contribution in [0.3, 0.4) is 0 Å². The Labute approximate surface area is 71.3 Å². The standard InChI is InChI=1S/C9H9NO.H3N/c11-8-5-1-3-7-4-2-6-10-9(7)8;/h1-3,5-6,10-11H,4H2;1H3. The van der Waals surface area contributed by atoms with Crippen LogP contribution in [0.25, 0.3) is 0 Å². The summed E-state index contributed by atoms with van der Waals surface area (Å²) in [5, 5.41) is 12.4. The first-order chi connectivity index (χ1) is 5.38. The molecule has 1 aromatic carbocycles. The molecule has 0 spiro atoms. The van der Waals surface area contributed by atoms with E-state index in [1.54, 1.807) is 6.07 Å². The van der Waals surface area contributed by atoms with E-state index in [0.717, 1.165) is 17.7 Å². The molecule has 0 atom stereocenters. The van der Waals surface area contributed by atoms with Crippen LogP contribution >= 0.6 is 0 Å². The van der Waals surface area contributed by atoms with E-state index in [1.807, 2.05) is 24.4 Å². The minimum absolute atomic E-state index is 0. The van der Waals surface area contributed by atoms with Gasteiger partial charge in [-0.25, -0.2) is 0 Å². The van der Waals surface area contributed by atoms with Crippen molar-refractivity contribution in [3.05, 3.63) is 36.0 Å². The minimum Gasteiger partial charge on any atom is -0.506 e. The van der Waals surface area contributed by atoms with E-state index in [-0.39, 0.29) is 6.15 Å². The van der Waals surface area contributed by atoms with Gasteiger partial charge in [-0.3, -0.25) is 0 Å². The summed E-state index contributed by atoms with van der Waals surface area (Å²) in [5.41, 5.74) is 1.99. The van der Waals surface area contributed by atoms with Gasteiger partial charge >= 0.3 is 0 Å². The molecule has 0 aliphatic carbocycles. The van der Waals surface area contributed by atoms with E-state index < -0.39 is 0 Å². The minimum atomic E-state index is 0. The molecule has 1 aliphatic heterocycles. The largest absolute Gasteiger partial charge is 0.506 e. The summed E-state index contributed by atoms with van der Waals surface area (Å²) in [5.74, 6) is 0.326. The van der Waals surface area contributed by atoms with Gasteiger partial charge in [0.1, 0.15) is 5.75 Å². The molecule has 5 N–H and O–H groups in total. The van der Waals surface area contributed by atoms with Crippen LogP contribution in [0, 0.1) is 0 Å². The van der Waals surface area contributed by atoms with E-state index >= 15 is 0 Å². The van der Waals surface area contributed by atoms with Crippen LogP contribution in [-0.4, -0.2) is 5.11 Å². The number of hydrogen-bond donors (Lipinski definition) is 3. The lowest BCUT2D eigenvalue weighted by molar-refractivity contribution is 0.477. The van der Waals surface area contributed by atoms with Crippen molar-refractivity contribution >= 4 is 5.69 Å². The molecule has 0 fully saturated rings. The van der Waals surface area contributed by atoms with Crippen LogP contribution in [0.15, 0.2) is 30.5 Å². The van der Waals surface area contributed by atoms with Gasteiger partial charge in [-0.2, -0.15) is 0 Å². The monoisotopic (exact) mass is 164 g/mol. The Morgan fingerprint density at radius 2 is 2.17 bits per heavy atom. The fraction of sp³-hybridized carbons (Fsp3) is 0.111. The van der Waals surface area contributed by atoms with Gasteiger partial charge in [0, 0.05) is 0 Å². The Bertz CT molecular complexity index is 307. The summed E-state index contributed by atoms with van der Waals surface area (Å²) in [6.45, 7) is 0. The second kappa shape index (κ2) is 3.28. The first-order valence-electron chi connectivity index (χ1n) is 3.60. The third-order valence-electron chi connectivity index (χ3n) is 1.81. The smallest absolute Gasteiger partial charge is 0.139 e. The molecule has 0 saturated carbocycles. The summed E-state index contributed by atoms with van der Waals surface area (Å²) in [7, 11) is 0. The third-order valence-corrected chi connectivity index (χ3v) is 1.81. The van der Waals surface area contributed by atoms with Gasteiger partial charge in [0.15, 0.2) is 0 Å². The molecule has 1 aromatic rings. The molecule has 1 heterocycles. The number of anilines is 1. The lowest BCUT2D eigenvalue weighted by Gasteiger charge is -2.13. The molecule has 0 unspecified atom stereocenters. The number of aromatic hydroxyl groups is 1. The first-order valence-corrected chi connectivity index (χ1v) is 3.60. The van der Waals surface area contributed by atoms with Crippen molar-refractivity contribution in [1.29, 1.82) is 0 Å². The molecule has 0 amide bonds. The molecule has 3 nitrogen and oxygen atoms in total. The summed E-state index contributed by atoms with van der Waals surface area (Å²) in [6.07, 6.45) is 4.78. The molecule has 0 radical (unpaired) electrons. The number of hydrogen-bond acceptors (Lipinski definition) is 3. The SMILES string of the molecule is N.Oc1cccc2c1NC=CC2. The zero-order valence-corrected chi connectivity index (χ0v) is 6.75. The van der Waals surface area contributed by atoms with E-state index in [1.165, 1.54) is 0 Å². The number of benzene rings is 1. The number of fused-ring (bicyclic) bond motifs is 1. The quantitative estimate of drug-likeness (QED) is 0.514. The van der Waals surface area contributed by atoms with Crippen LogP contribution in [0.4, 0.5) is 5.69 Å². The number of nitrogens with one attached hydrogen (secondary N) is 1. The second-order valence-corrected chi connectivity index (χ2v) is 2.56. The van der Waals surface area contributed by atoms with Gasteiger partial charge in [-0.1, -0.05) is 18.2 Å². The fourth-order valence-corrected chi connectivity index (χ4v) is 1.25.